The SMILES string of the molecule is CC1CCN(C(c2ccc(F)cc2)c2cc3cccc(C(=O)O)c3cc2-c2ccc(C(F)(F)F)cc2)CC1. The number of nitrogens with zero attached hydrogens (tertiary/aromatic N) is 1. The van der Waals surface area contributed by atoms with Crippen molar-refractivity contribution in [1.82, 2.24) is 4.90 Å². The number of halogens is 4. The van der Waals surface area contributed by atoms with Crippen molar-refractivity contribution in [2.45, 2.75) is 32.0 Å². The number of fused-ring (bicyclic) bond motifs is 1. The van der Waals surface area contributed by atoms with Crippen molar-refractivity contribution in [3.8, 4) is 11.1 Å². The predicted octanol–water partition coefficient (Wildman–Crippen LogP) is 8.18. The monoisotopic (exact) mass is 521 g/mol. The summed E-state index contributed by atoms with van der Waals surface area (Å²) < 4.78 is 53.8. The van der Waals surface area contributed by atoms with Gasteiger partial charge in [-0.25, -0.2) is 9.18 Å². The molecule has 1 atom stereocenters. The molecule has 0 amide bonds. The minimum absolute atomic E-state index is 0.118. The van der Waals surface area contributed by atoms with Gasteiger partial charge in [0, 0.05) is 0 Å². The molecule has 0 aromatic heterocycles. The molecule has 4 aromatic carbocycles. The zero-order valence-electron chi connectivity index (χ0n) is 20.8. The molecule has 1 aliphatic heterocycles. The summed E-state index contributed by atoms with van der Waals surface area (Å²) >= 11 is 0. The van der Waals surface area contributed by atoms with Gasteiger partial charge in [-0.05, 0) is 107 Å². The van der Waals surface area contributed by atoms with Crippen LogP contribution in [0, 0.1) is 11.7 Å². The van der Waals surface area contributed by atoms with Gasteiger partial charge in [0.05, 0.1) is 17.2 Å². The van der Waals surface area contributed by atoms with E-state index in [0.717, 1.165) is 49.2 Å². The molecule has 1 heterocycles. The lowest BCUT2D eigenvalue weighted by atomic mass is 9.85. The molecule has 1 saturated heterocycles. The third kappa shape index (κ3) is 5.16. The molecule has 0 bridgehead atoms. The number of alkyl halides is 3. The number of piperidine rings is 1. The van der Waals surface area contributed by atoms with Crippen LogP contribution in [-0.4, -0.2) is 29.1 Å². The average molecular weight is 522 g/mol. The molecule has 5 rings (SSSR count). The van der Waals surface area contributed by atoms with Gasteiger partial charge in [-0.2, -0.15) is 13.2 Å². The first-order chi connectivity index (χ1) is 18.1. The number of likely N-dealkylation sites (tertiary alicyclic amines) is 1. The summed E-state index contributed by atoms with van der Waals surface area (Å²) in [6.07, 6.45) is -2.49. The van der Waals surface area contributed by atoms with E-state index in [4.69, 9.17) is 0 Å². The van der Waals surface area contributed by atoms with E-state index in [2.05, 4.69) is 11.8 Å². The lowest BCUT2D eigenvalue weighted by molar-refractivity contribution is -0.137. The molecule has 3 nitrogen and oxygen atoms in total. The lowest BCUT2D eigenvalue weighted by Crippen LogP contribution is -2.37. The van der Waals surface area contributed by atoms with E-state index < -0.39 is 17.7 Å². The van der Waals surface area contributed by atoms with Gasteiger partial charge in [0.2, 0.25) is 0 Å². The topological polar surface area (TPSA) is 40.5 Å². The van der Waals surface area contributed by atoms with Crippen LogP contribution >= 0.6 is 0 Å². The van der Waals surface area contributed by atoms with Crippen LogP contribution in [0.4, 0.5) is 17.6 Å². The smallest absolute Gasteiger partial charge is 0.416 e. The Morgan fingerprint density at radius 3 is 2.21 bits per heavy atom. The summed E-state index contributed by atoms with van der Waals surface area (Å²) in [4.78, 5) is 14.3. The Kier molecular flexibility index (Phi) is 6.97. The van der Waals surface area contributed by atoms with Gasteiger partial charge in [-0.1, -0.05) is 43.3 Å². The molecular weight excluding hydrogens is 494 g/mol. The van der Waals surface area contributed by atoms with E-state index in [1.54, 1.807) is 24.3 Å². The van der Waals surface area contributed by atoms with E-state index in [-0.39, 0.29) is 17.4 Å². The van der Waals surface area contributed by atoms with Gasteiger partial charge in [-0.15, -0.1) is 0 Å². The molecule has 0 aliphatic carbocycles. The Hall–Kier alpha value is -3.71. The highest BCUT2D eigenvalue weighted by atomic mass is 19.4. The summed E-state index contributed by atoms with van der Waals surface area (Å²) in [5.41, 5.74) is 2.26. The number of hydrogen-bond donors (Lipinski definition) is 1. The first-order valence-corrected chi connectivity index (χ1v) is 12.6. The summed E-state index contributed by atoms with van der Waals surface area (Å²) in [5.74, 6) is -0.863. The van der Waals surface area contributed by atoms with E-state index in [0.29, 0.717) is 27.8 Å². The molecule has 1 aliphatic rings. The number of carboxylic acid groups (broad SMARTS) is 1. The van der Waals surface area contributed by atoms with Gasteiger partial charge >= 0.3 is 12.1 Å². The zero-order valence-corrected chi connectivity index (χ0v) is 20.8. The van der Waals surface area contributed by atoms with E-state index in [1.807, 2.05) is 12.1 Å². The zero-order chi connectivity index (χ0) is 27.0. The molecular formula is C31H27F4NO2. The highest BCUT2D eigenvalue weighted by Gasteiger charge is 2.31. The van der Waals surface area contributed by atoms with Gasteiger partial charge in [-0.3, -0.25) is 4.90 Å². The van der Waals surface area contributed by atoms with E-state index >= 15 is 0 Å². The van der Waals surface area contributed by atoms with Crippen molar-refractivity contribution >= 4 is 16.7 Å². The Balaban J connectivity index is 1.76. The van der Waals surface area contributed by atoms with Crippen LogP contribution < -0.4 is 0 Å². The number of rotatable bonds is 5. The number of benzene rings is 4. The molecule has 196 valence electrons. The fraction of sp³-hybridized carbons (Fsp3) is 0.258. The highest BCUT2D eigenvalue weighted by molar-refractivity contribution is 6.05. The van der Waals surface area contributed by atoms with Crippen LogP contribution in [0.15, 0.2) is 78.9 Å². The Morgan fingerprint density at radius 1 is 0.947 bits per heavy atom. The van der Waals surface area contributed by atoms with Crippen molar-refractivity contribution in [2.24, 2.45) is 5.92 Å². The fourth-order valence-corrected chi connectivity index (χ4v) is 5.36. The second-order valence-corrected chi connectivity index (χ2v) is 10.0. The molecule has 0 saturated carbocycles. The third-order valence-corrected chi connectivity index (χ3v) is 7.47. The summed E-state index contributed by atoms with van der Waals surface area (Å²) in [6, 6.07) is 19.7. The average Bonchev–Trinajstić information content (AvgIpc) is 2.89. The van der Waals surface area contributed by atoms with Crippen molar-refractivity contribution in [1.29, 1.82) is 0 Å². The molecule has 0 radical (unpaired) electrons. The van der Waals surface area contributed by atoms with Crippen LogP contribution in [0.5, 0.6) is 0 Å². The highest BCUT2D eigenvalue weighted by Crippen LogP contribution is 2.41. The van der Waals surface area contributed by atoms with Gasteiger partial charge in [0.1, 0.15) is 5.82 Å². The maximum absolute atomic E-state index is 13.9. The Labute approximate surface area is 218 Å². The molecule has 1 unspecified atom stereocenters. The Bertz CT molecular complexity index is 1450. The largest absolute Gasteiger partial charge is 0.478 e. The first-order valence-electron chi connectivity index (χ1n) is 12.6. The quantitative estimate of drug-likeness (QED) is 0.269. The minimum Gasteiger partial charge on any atom is -0.478 e. The first kappa shape index (κ1) is 25.9. The standard InChI is InChI=1S/C31H27F4NO2/c1-19-13-15-36(16-14-19)29(21-7-11-24(32)12-8-21)28-17-22-3-2-4-25(30(37)38)27(22)18-26(28)20-5-9-23(10-6-20)31(33,34)35/h2-12,17-19,29H,13-16H2,1H3,(H,37,38). The van der Waals surface area contributed by atoms with Gasteiger partial charge < -0.3 is 5.11 Å². The molecule has 4 aromatic rings. The van der Waals surface area contributed by atoms with Gasteiger partial charge in [0.25, 0.3) is 0 Å². The molecule has 38 heavy (non-hydrogen) atoms. The van der Waals surface area contributed by atoms with Crippen molar-refractivity contribution in [3.05, 3.63) is 107 Å². The molecule has 7 heteroatoms. The van der Waals surface area contributed by atoms with Crippen molar-refractivity contribution in [2.75, 3.05) is 13.1 Å². The lowest BCUT2D eigenvalue weighted by Gasteiger charge is -2.38. The number of aromatic carboxylic acids is 1. The van der Waals surface area contributed by atoms with Gasteiger partial charge in [0.15, 0.2) is 0 Å². The number of carboxylic acids is 1. The van der Waals surface area contributed by atoms with Crippen LogP contribution in [0.2, 0.25) is 0 Å². The maximum atomic E-state index is 13.9. The third-order valence-electron chi connectivity index (χ3n) is 7.47. The predicted molar refractivity (Wildman–Crippen MR) is 140 cm³/mol. The fourth-order valence-electron chi connectivity index (χ4n) is 5.36. The second kappa shape index (κ2) is 10.2. The molecule has 1 fully saturated rings. The second-order valence-electron chi connectivity index (χ2n) is 10.0. The maximum Gasteiger partial charge on any atom is 0.416 e. The summed E-state index contributed by atoms with van der Waals surface area (Å²) in [7, 11) is 0. The number of carbonyl (C=O) groups is 1. The number of hydrogen-bond acceptors (Lipinski definition) is 2. The minimum atomic E-state index is -4.47. The summed E-state index contributed by atoms with van der Waals surface area (Å²) in [6.45, 7) is 3.83. The summed E-state index contributed by atoms with van der Waals surface area (Å²) in [5, 5.41) is 11.0. The molecule has 0 spiro atoms. The van der Waals surface area contributed by atoms with E-state index in [9.17, 15) is 27.5 Å². The van der Waals surface area contributed by atoms with Crippen LogP contribution in [0.1, 0.15) is 52.9 Å². The van der Waals surface area contributed by atoms with Crippen LogP contribution in [0.25, 0.3) is 21.9 Å². The van der Waals surface area contributed by atoms with Crippen LogP contribution in [-0.2, 0) is 6.18 Å². The van der Waals surface area contributed by atoms with Crippen molar-refractivity contribution in [3.63, 3.8) is 0 Å². The Morgan fingerprint density at radius 2 is 1.61 bits per heavy atom. The van der Waals surface area contributed by atoms with E-state index in [1.165, 1.54) is 30.3 Å². The normalized spacial score (nSPS) is 16.0. The van der Waals surface area contributed by atoms with Crippen LogP contribution in [0.3, 0.4) is 0 Å². The van der Waals surface area contributed by atoms with Crippen molar-refractivity contribution < 1.29 is 27.5 Å². The molecule has 1 N–H and O–H groups in total.